The third kappa shape index (κ3) is 7.08. The Labute approximate surface area is 175 Å². The average molecular weight is 477 g/mol. The monoisotopic (exact) mass is 477 g/mol. The standard InChI is InChI=1S/C19H35N5O.HI/c1-5-16(2)23(4)13-10-21-19(20-3)22-15-17(18-9-8-14-25-18)24-11-6-7-12-24;/h8-9,14,16-17H,5-7,10-13,15H2,1-4H3,(H2,20,21,22);1H. The molecule has 0 spiro atoms. The maximum Gasteiger partial charge on any atom is 0.191 e. The van der Waals surface area contributed by atoms with Gasteiger partial charge in [-0.3, -0.25) is 9.89 Å². The molecule has 1 aromatic heterocycles. The number of likely N-dealkylation sites (N-methyl/N-ethyl adjacent to an activating group) is 1. The minimum Gasteiger partial charge on any atom is -0.468 e. The van der Waals surface area contributed by atoms with Crippen LogP contribution in [0.4, 0.5) is 0 Å². The largest absolute Gasteiger partial charge is 0.468 e. The van der Waals surface area contributed by atoms with Crippen LogP contribution in [0.2, 0.25) is 0 Å². The molecule has 1 aliphatic heterocycles. The molecule has 7 heteroatoms. The topological polar surface area (TPSA) is 56.0 Å². The van der Waals surface area contributed by atoms with Gasteiger partial charge in [-0.2, -0.15) is 0 Å². The minimum absolute atomic E-state index is 0. The molecule has 1 aliphatic rings. The molecule has 0 aliphatic carbocycles. The van der Waals surface area contributed by atoms with Crippen molar-refractivity contribution >= 4 is 29.9 Å². The molecular weight excluding hydrogens is 441 g/mol. The van der Waals surface area contributed by atoms with Crippen molar-refractivity contribution in [2.45, 2.75) is 45.2 Å². The van der Waals surface area contributed by atoms with Gasteiger partial charge in [0.1, 0.15) is 5.76 Å². The van der Waals surface area contributed by atoms with Gasteiger partial charge in [-0.15, -0.1) is 24.0 Å². The molecule has 6 nitrogen and oxygen atoms in total. The Morgan fingerprint density at radius 1 is 1.35 bits per heavy atom. The van der Waals surface area contributed by atoms with Gasteiger partial charge in [0.05, 0.1) is 12.3 Å². The Balaban J connectivity index is 0.00000338. The van der Waals surface area contributed by atoms with E-state index in [0.29, 0.717) is 6.04 Å². The number of nitrogens with one attached hydrogen (secondary N) is 2. The van der Waals surface area contributed by atoms with Crippen LogP contribution in [0.1, 0.15) is 44.9 Å². The summed E-state index contributed by atoms with van der Waals surface area (Å²) < 4.78 is 5.68. The van der Waals surface area contributed by atoms with Gasteiger partial charge in [0.2, 0.25) is 0 Å². The molecule has 1 aromatic rings. The van der Waals surface area contributed by atoms with Gasteiger partial charge in [-0.1, -0.05) is 6.92 Å². The van der Waals surface area contributed by atoms with Crippen LogP contribution in [-0.4, -0.2) is 68.6 Å². The Hall–Kier alpha value is -0.800. The van der Waals surface area contributed by atoms with E-state index in [0.717, 1.165) is 44.4 Å². The van der Waals surface area contributed by atoms with Crippen LogP contribution in [-0.2, 0) is 0 Å². The van der Waals surface area contributed by atoms with Gasteiger partial charge in [0.25, 0.3) is 0 Å². The highest BCUT2D eigenvalue weighted by Crippen LogP contribution is 2.24. The number of halogens is 1. The predicted molar refractivity (Wildman–Crippen MR) is 119 cm³/mol. The van der Waals surface area contributed by atoms with Crippen LogP contribution in [0.15, 0.2) is 27.8 Å². The fourth-order valence-corrected chi connectivity index (χ4v) is 3.24. The predicted octanol–water partition coefficient (Wildman–Crippen LogP) is 2.93. The zero-order valence-corrected chi connectivity index (χ0v) is 19.0. The number of furan rings is 1. The number of guanidine groups is 1. The smallest absolute Gasteiger partial charge is 0.191 e. The van der Waals surface area contributed by atoms with Gasteiger partial charge >= 0.3 is 0 Å². The van der Waals surface area contributed by atoms with Crippen molar-refractivity contribution < 1.29 is 4.42 Å². The zero-order valence-electron chi connectivity index (χ0n) is 16.7. The van der Waals surface area contributed by atoms with E-state index < -0.39 is 0 Å². The minimum atomic E-state index is 0. The summed E-state index contributed by atoms with van der Waals surface area (Å²) in [6.45, 7) is 9.45. The van der Waals surface area contributed by atoms with Gasteiger partial charge < -0.3 is 20.0 Å². The van der Waals surface area contributed by atoms with Crippen LogP contribution in [0.5, 0.6) is 0 Å². The highest BCUT2D eigenvalue weighted by atomic mass is 127. The molecular formula is C19H36IN5O. The fraction of sp³-hybridized carbons (Fsp3) is 0.737. The Morgan fingerprint density at radius 2 is 2.08 bits per heavy atom. The van der Waals surface area contributed by atoms with Crippen LogP contribution >= 0.6 is 24.0 Å². The molecule has 2 N–H and O–H groups in total. The van der Waals surface area contributed by atoms with E-state index in [1.807, 2.05) is 13.1 Å². The first kappa shape index (κ1) is 23.2. The second-order valence-corrected chi connectivity index (χ2v) is 6.89. The molecule has 150 valence electrons. The van der Waals surface area contributed by atoms with Crippen LogP contribution in [0.25, 0.3) is 0 Å². The highest BCUT2D eigenvalue weighted by Gasteiger charge is 2.25. The van der Waals surface area contributed by atoms with E-state index in [4.69, 9.17) is 4.42 Å². The number of rotatable bonds is 9. The third-order valence-electron chi connectivity index (χ3n) is 5.24. The first-order chi connectivity index (χ1) is 12.2. The number of aliphatic imine (C=N–C) groups is 1. The number of hydrogen-bond acceptors (Lipinski definition) is 4. The maximum absolute atomic E-state index is 5.68. The molecule has 2 unspecified atom stereocenters. The summed E-state index contributed by atoms with van der Waals surface area (Å²) in [5.41, 5.74) is 0. The number of likely N-dealkylation sites (tertiary alicyclic amines) is 1. The van der Waals surface area contributed by atoms with E-state index in [-0.39, 0.29) is 30.0 Å². The lowest BCUT2D eigenvalue weighted by atomic mass is 10.2. The molecule has 0 amide bonds. The first-order valence-corrected chi connectivity index (χ1v) is 9.58. The molecule has 0 bridgehead atoms. The van der Waals surface area contributed by atoms with Crippen molar-refractivity contribution in [1.82, 2.24) is 20.4 Å². The van der Waals surface area contributed by atoms with Gasteiger partial charge in [0.15, 0.2) is 5.96 Å². The van der Waals surface area contributed by atoms with Crippen molar-refractivity contribution in [1.29, 1.82) is 0 Å². The molecule has 0 aromatic carbocycles. The van der Waals surface area contributed by atoms with E-state index >= 15 is 0 Å². The van der Waals surface area contributed by atoms with Crippen molar-refractivity contribution in [2.75, 3.05) is 46.8 Å². The van der Waals surface area contributed by atoms with Crippen molar-refractivity contribution in [3.05, 3.63) is 24.2 Å². The lowest BCUT2D eigenvalue weighted by Crippen LogP contribution is -2.45. The van der Waals surface area contributed by atoms with E-state index in [9.17, 15) is 0 Å². The van der Waals surface area contributed by atoms with E-state index in [1.54, 1.807) is 6.26 Å². The highest BCUT2D eigenvalue weighted by molar-refractivity contribution is 14.0. The summed E-state index contributed by atoms with van der Waals surface area (Å²) in [7, 11) is 4.00. The van der Waals surface area contributed by atoms with Crippen molar-refractivity contribution in [2.24, 2.45) is 4.99 Å². The second kappa shape index (κ2) is 12.6. The fourth-order valence-electron chi connectivity index (χ4n) is 3.24. The lowest BCUT2D eigenvalue weighted by molar-refractivity contribution is 0.215. The van der Waals surface area contributed by atoms with Crippen molar-refractivity contribution in [3.8, 4) is 0 Å². The molecule has 2 atom stereocenters. The molecule has 2 rings (SSSR count). The van der Waals surface area contributed by atoms with Crippen LogP contribution in [0, 0.1) is 0 Å². The Morgan fingerprint density at radius 3 is 2.65 bits per heavy atom. The Bertz CT molecular complexity index is 502. The van der Waals surface area contributed by atoms with Crippen LogP contribution < -0.4 is 10.6 Å². The molecule has 0 radical (unpaired) electrons. The SMILES string of the molecule is CCC(C)N(C)CCNC(=NC)NCC(c1ccco1)N1CCCC1.I. The Kier molecular flexibility index (Phi) is 11.2. The normalized spacial score (nSPS) is 17.8. The number of hydrogen-bond donors (Lipinski definition) is 2. The average Bonchev–Trinajstić information content (AvgIpc) is 3.33. The molecule has 26 heavy (non-hydrogen) atoms. The quantitative estimate of drug-likeness (QED) is 0.326. The van der Waals surface area contributed by atoms with Crippen LogP contribution in [0.3, 0.4) is 0 Å². The molecule has 2 heterocycles. The van der Waals surface area contributed by atoms with E-state index in [2.05, 4.69) is 52.4 Å². The first-order valence-electron chi connectivity index (χ1n) is 9.58. The second-order valence-electron chi connectivity index (χ2n) is 6.89. The summed E-state index contributed by atoms with van der Waals surface area (Å²) >= 11 is 0. The maximum atomic E-state index is 5.68. The van der Waals surface area contributed by atoms with Gasteiger partial charge in [-0.05, 0) is 58.5 Å². The summed E-state index contributed by atoms with van der Waals surface area (Å²) in [5.74, 6) is 1.88. The summed E-state index contributed by atoms with van der Waals surface area (Å²) in [6.07, 6.45) is 5.47. The lowest BCUT2D eigenvalue weighted by Gasteiger charge is -2.27. The third-order valence-corrected chi connectivity index (χ3v) is 5.24. The summed E-state index contributed by atoms with van der Waals surface area (Å²) in [5, 5.41) is 6.89. The summed E-state index contributed by atoms with van der Waals surface area (Å²) in [4.78, 5) is 9.22. The van der Waals surface area contributed by atoms with E-state index in [1.165, 1.54) is 19.3 Å². The molecule has 1 saturated heterocycles. The molecule has 1 fully saturated rings. The van der Waals surface area contributed by atoms with Gasteiger partial charge in [0, 0.05) is 32.7 Å². The number of nitrogens with zero attached hydrogens (tertiary/aromatic N) is 3. The molecule has 0 saturated carbocycles. The van der Waals surface area contributed by atoms with Gasteiger partial charge in [-0.25, -0.2) is 0 Å². The summed E-state index contributed by atoms with van der Waals surface area (Å²) in [6, 6.07) is 4.91. The van der Waals surface area contributed by atoms with Crippen molar-refractivity contribution in [3.63, 3.8) is 0 Å². The zero-order chi connectivity index (χ0) is 18.1.